The lowest BCUT2D eigenvalue weighted by molar-refractivity contribution is 0.251. The Morgan fingerprint density at radius 2 is 1.65 bits per heavy atom. The van der Waals surface area contributed by atoms with Gasteiger partial charge in [-0.05, 0) is 33.0 Å². The second-order valence-corrected chi connectivity index (χ2v) is 6.07. The van der Waals surface area contributed by atoms with Crippen molar-refractivity contribution < 1.29 is 0 Å². The predicted molar refractivity (Wildman–Crippen MR) is 87.1 cm³/mol. The van der Waals surface area contributed by atoms with Crippen LogP contribution in [0.5, 0.6) is 0 Å². The molecule has 0 bridgehead atoms. The summed E-state index contributed by atoms with van der Waals surface area (Å²) in [6.45, 7) is 6.93. The van der Waals surface area contributed by atoms with Crippen molar-refractivity contribution in [3.63, 3.8) is 0 Å². The predicted octanol–water partition coefficient (Wildman–Crippen LogP) is 4.21. The van der Waals surface area contributed by atoms with E-state index >= 15 is 0 Å². The Morgan fingerprint density at radius 1 is 1.05 bits per heavy atom. The average Bonchev–Trinajstić information content (AvgIpc) is 2.87. The Hall–Kier alpha value is -0.830. The smallest absolute Gasteiger partial charge is 0.0945 e. The molecule has 0 radical (unpaired) electrons. The van der Waals surface area contributed by atoms with Crippen LogP contribution < -0.4 is 0 Å². The van der Waals surface area contributed by atoms with E-state index in [4.69, 9.17) is 0 Å². The third kappa shape index (κ3) is 6.08. The van der Waals surface area contributed by atoms with Crippen LogP contribution >= 0.6 is 0 Å². The van der Waals surface area contributed by atoms with Crippen molar-refractivity contribution in [2.24, 2.45) is 7.05 Å². The van der Waals surface area contributed by atoms with E-state index in [-0.39, 0.29) is 0 Å². The van der Waals surface area contributed by atoms with Gasteiger partial charge >= 0.3 is 0 Å². The summed E-state index contributed by atoms with van der Waals surface area (Å²) in [5.41, 5.74) is 1.40. The van der Waals surface area contributed by atoms with Gasteiger partial charge in [-0.15, -0.1) is 0 Å². The van der Waals surface area contributed by atoms with Crippen molar-refractivity contribution in [1.82, 2.24) is 14.5 Å². The van der Waals surface area contributed by atoms with E-state index in [0.29, 0.717) is 0 Å². The molecule has 0 unspecified atom stereocenters. The molecule has 0 saturated carbocycles. The quantitative estimate of drug-likeness (QED) is 0.753. The Balaban J connectivity index is 0.000000246. The lowest BCUT2D eigenvalue weighted by Gasteiger charge is -2.28. The summed E-state index contributed by atoms with van der Waals surface area (Å²) in [5, 5.41) is 0. The first-order valence-corrected chi connectivity index (χ1v) is 8.33. The molecule has 1 aromatic rings. The van der Waals surface area contributed by atoms with Crippen molar-refractivity contribution in [2.45, 2.75) is 64.7 Å². The summed E-state index contributed by atoms with van der Waals surface area (Å²) >= 11 is 0. The molecule has 1 saturated heterocycles. The largest absolute Gasteiger partial charge is 0.337 e. The third-order valence-corrected chi connectivity index (χ3v) is 4.20. The number of hydrogen-bond acceptors (Lipinski definition) is 2. The number of likely N-dealkylation sites (tertiary alicyclic amines) is 1. The first kappa shape index (κ1) is 17.2. The number of piperidine rings is 1. The van der Waals surface area contributed by atoms with E-state index in [1.807, 2.05) is 12.5 Å². The fourth-order valence-electron chi connectivity index (χ4n) is 2.74. The van der Waals surface area contributed by atoms with Crippen LogP contribution in [0.1, 0.15) is 70.4 Å². The minimum absolute atomic E-state index is 0.726. The number of aromatic nitrogens is 2. The summed E-state index contributed by atoms with van der Waals surface area (Å²) in [6.07, 6.45) is 13.5. The van der Waals surface area contributed by atoms with E-state index in [1.54, 1.807) is 0 Å². The molecule has 1 aromatic heterocycles. The molecule has 1 fully saturated rings. The molecule has 2 rings (SSSR count). The lowest BCUT2D eigenvalue weighted by Crippen LogP contribution is -2.29. The van der Waals surface area contributed by atoms with E-state index < -0.39 is 0 Å². The maximum absolute atomic E-state index is 4.17. The molecule has 1 aliphatic heterocycles. The van der Waals surface area contributed by atoms with Crippen LogP contribution in [0.25, 0.3) is 0 Å². The monoisotopic (exact) mass is 279 g/mol. The second kappa shape index (κ2) is 9.98. The van der Waals surface area contributed by atoms with Crippen molar-refractivity contribution in [3.8, 4) is 0 Å². The van der Waals surface area contributed by atoms with Gasteiger partial charge in [0.15, 0.2) is 0 Å². The zero-order chi connectivity index (χ0) is 14.8. The maximum atomic E-state index is 4.17. The Labute approximate surface area is 125 Å². The Morgan fingerprint density at radius 3 is 2.10 bits per heavy atom. The van der Waals surface area contributed by atoms with Crippen LogP contribution in [0.4, 0.5) is 0 Å². The molecule has 0 amide bonds. The number of imidazole rings is 1. The van der Waals surface area contributed by atoms with E-state index in [2.05, 4.69) is 42.4 Å². The maximum Gasteiger partial charge on any atom is 0.0945 e. The van der Waals surface area contributed by atoms with Crippen LogP contribution in [0.2, 0.25) is 0 Å². The fourth-order valence-corrected chi connectivity index (χ4v) is 2.74. The second-order valence-electron chi connectivity index (χ2n) is 6.07. The van der Waals surface area contributed by atoms with Crippen LogP contribution in [-0.2, 0) is 7.05 Å². The molecule has 20 heavy (non-hydrogen) atoms. The van der Waals surface area contributed by atoms with Gasteiger partial charge < -0.3 is 9.47 Å². The van der Waals surface area contributed by atoms with Crippen molar-refractivity contribution in [1.29, 1.82) is 0 Å². The summed E-state index contributed by atoms with van der Waals surface area (Å²) in [4.78, 5) is 6.56. The van der Waals surface area contributed by atoms with Crippen LogP contribution in [0.3, 0.4) is 0 Å². The summed E-state index contributed by atoms with van der Waals surface area (Å²) in [5.74, 6) is 0.726. The minimum atomic E-state index is 0.726. The highest BCUT2D eigenvalue weighted by Gasteiger charge is 2.20. The van der Waals surface area contributed by atoms with Gasteiger partial charge in [-0.25, -0.2) is 4.98 Å². The molecular formula is C17H33N3. The number of unbranched alkanes of at least 4 members (excludes halogenated alkanes) is 4. The molecule has 2 heterocycles. The van der Waals surface area contributed by atoms with Crippen molar-refractivity contribution in [2.75, 3.05) is 20.1 Å². The lowest BCUT2D eigenvalue weighted by atomic mass is 9.94. The number of rotatable bonds is 5. The molecule has 0 aliphatic carbocycles. The average molecular weight is 279 g/mol. The van der Waals surface area contributed by atoms with Crippen LogP contribution in [0, 0.1) is 0 Å². The standard InChI is InChI=1S/C10H17N3.C7H16/c1-12-5-3-9(4-6-12)10-7-11-8-13(10)2;1-3-5-7-6-4-2/h7-9H,3-6H2,1-2H3;3-7H2,1-2H3. The van der Waals surface area contributed by atoms with Gasteiger partial charge in [0.25, 0.3) is 0 Å². The SMILES string of the molecule is CCCCCCC.CN1CCC(c2cncn2C)CC1. The molecule has 1 aliphatic rings. The number of hydrogen-bond donors (Lipinski definition) is 0. The summed E-state index contributed by atoms with van der Waals surface area (Å²) < 4.78 is 2.15. The van der Waals surface area contributed by atoms with Gasteiger partial charge in [0.2, 0.25) is 0 Å². The van der Waals surface area contributed by atoms with Crippen LogP contribution in [-0.4, -0.2) is 34.6 Å². The molecule has 0 aromatic carbocycles. The molecular weight excluding hydrogens is 246 g/mol. The minimum Gasteiger partial charge on any atom is -0.337 e. The molecule has 0 spiro atoms. The molecule has 0 N–H and O–H groups in total. The van der Waals surface area contributed by atoms with E-state index in [9.17, 15) is 0 Å². The first-order chi connectivity index (χ1) is 9.69. The van der Waals surface area contributed by atoms with Gasteiger partial charge in [-0.1, -0.05) is 46.0 Å². The van der Waals surface area contributed by atoms with Crippen molar-refractivity contribution in [3.05, 3.63) is 18.2 Å². The molecule has 0 atom stereocenters. The number of nitrogens with zero attached hydrogens (tertiary/aromatic N) is 3. The Kier molecular flexibility index (Phi) is 8.59. The van der Waals surface area contributed by atoms with Crippen LogP contribution in [0.15, 0.2) is 12.5 Å². The Bertz CT molecular complexity index is 334. The van der Waals surface area contributed by atoms with Gasteiger partial charge in [-0.2, -0.15) is 0 Å². The zero-order valence-electron chi connectivity index (χ0n) is 13.9. The summed E-state index contributed by atoms with van der Waals surface area (Å²) in [6, 6.07) is 0. The van der Waals surface area contributed by atoms with Crippen molar-refractivity contribution >= 4 is 0 Å². The van der Waals surface area contributed by atoms with E-state index in [1.165, 1.54) is 63.7 Å². The van der Waals surface area contributed by atoms with Gasteiger partial charge in [0, 0.05) is 24.9 Å². The van der Waals surface area contributed by atoms with Gasteiger partial charge in [0.1, 0.15) is 0 Å². The topological polar surface area (TPSA) is 21.1 Å². The highest BCUT2D eigenvalue weighted by molar-refractivity contribution is 5.07. The summed E-state index contributed by atoms with van der Waals surface area (Å²) in [7, 11) is 4.28. The molecule has 3 heteroatoms. The number of aryl methyl sites for hydroxylation is 1. The first-order valence-electron chi connectivity index (χ1n) is 8.33. The fraction of sp³-hybridized carbons (Fsp3) is 0.824. The molecule has 116 valence electrons. The highest BCUT2D eigenvalue weighted by atomic mass is 15.1. The highest BCUT2D eigenvalue weighted by Crippen LogP contribution is 2.26. The third-order valence-electron chi connectivity index (χ3n) is 4.20. The van der Waals surface area contributed by atoms with E-state index in [0.717, 1.165) is 5.92 Å². The molecule has 3 nitrogen and oxygen atoms in total. The van der Waals surface area contributed by atoms with Gasteiger partial charge in [0.05, 0.1) is 6.33 Å². The normalized spacial score (nSPS) is 16.8. The zero-order valence-corrected chi connectivity index (χ0v) is 13.9. The van der Waals surface area contributed by atoms with Gasteiger partial charge in [-0.3, -0.25) is 0 Å².